The molecule has 0 saturated carbocycles. The van der Waals surface area contributed by atoms with E-state index in [-0.39, 0.29) is 5.91 Å². The summed E-state index contributed by atoms with van der Waals surface area (Å²) in [5.41, 5.74) is 0. The van der Waals surface area contributed by atoms with Gasteiger partial charge in [-0.25, -0.2) is 0 Å². The highest BCUT2D eigenvalue weighted by Gasteiger charge is 2.25. The molecule has 0 bridgehead atoms. The highest BCUT2D eigenvalue weighted by Crippen LogP contribution is 2.06. The van der Waals surface area contributed by atoms with Gasteiger partial charge in [-0.2, -0.15) is 5.26 Å². The number of morpholine rings is 1. The zero-order valence-corrected chi connectivity index (χ0v) is 10.6. The van der Waals surface area contributed by atoms with Crippen molar-refractivity contribution in [2.45, 2.75) is 12.5 Å². The van der Waals surface area contributed by atoms with Gasteiger partial charge in [0.05, 0.1) is 25.8 Å². The van der Waals surface area contributed by atoms with E-state index in [4.69, 9.17) is 10.00 Å². The third-order valence-corrected chi connectivity index (χ3v) is 3.35. The molecule has 2 rings (SSSR count). The fourth-order valence-electron chi connectivity index (χ4n) is 2.30. The average molecular weight is 252 g/mol. The quantitative estimate of drug-likeness (QED) is 0.685. The van der Waals surface area contributed by atoms with E-state index in [1.54, 1.807) is 4.90 Å². The fraction of sp³-hybridized carbons (Fsp3) is 0.833. The Morgan fingerprint density at radius 1 is 1.39 bits per heavy atom. The Bertz CT molecular complexity index is 321. The molecule has 1 atom stereocenters. The molecule has 1 unspecified atom stereocenters. The Kier molecular flexibility index (Phi) is 4.93. The molecular weight excluding hydrogens is 232 g/mol. The SMILES string of the molecule is N#CC1CN(C(=O)CN2CCCNCC2)CCO1. The van der Waals surface area contributed by atoms with Crippen LogP contribution in [0.25, 0.3) is 0 Å². The summed E-state index contributed by atoms with van der Waals surface area (Å²) in [7, 11) is 0. The number of nitrogens with one attached hydrogen (secondary N) is 1. The monoisotopic (exact) mass is 252 g/mol. The molecule has 2 heterocycles. The van der Waals surface area contributed by atoms with Crippen molar-refractivity contribution in [1.29, 1.82) is 5.26 Å². The summed E-state index contributed by atoms with van der Waals surface area (Å²) in [6.45, 7) is 5.77. The van der Waals surface area contributed by atoms with E-state index in [2.05, 4.69) is 16.3 Å². The molecule has 1 amide bonds. The van der Waals surface area contributed by atoms with Crippen molar-refractivity contribution in [2.75, 3.05) is 52.4 Å². The van der Waals surface area contributed by atoms with Crippen LogP contribution >= 0.6 is 0 Å². The molecule has 100 valence electrons. The van der Waals surface area contributed by atoms with Crippen molar-refractivity contribution in [3.05, 3.63) is 0 Å². The number of carbonyl (C=O) groups is 1. The number of carbonyl (C=O) groups excluding carboxylic acids is 1. The van der Waals surface area contributed by atoms with Crippen LogP contribution in [-0.2, 0) is 9.53 Å². The largest absolute Gasteiger partial charge is 0.360 e. The zero-order chi connectivity index (χ0) is 12.8. The molecule has 6 nitrogen and oxygen atoms in total. The second-order valence-corrected chi connectivity index (χ2v) is 4.71. The Morgan fingerprint density at radius 3 is 3.11 bits per heavy atom. The van der Waals surface area contributed by atoms with Crippen LogP contribution in [0.15, 0.2) is 0 Å². The molecular formula is C12H20N4O2. The summed E-state index contributed by atoms with van der Waals surface area (Å²) in [4.78, 5) is 16.1. The molecule has 2 aliphatic rings. The number of amides is 1. The molecule has 0 spiro atoms. The van der Waals surface area contributed by atoms with Gasteiger partial charge in [-0.05, 0) is 19.5 Å². The van der Waals surface area contributed by atoms with Crippen molar-refractivity contribution < 1.29 is 9.53 Å². The summed E-state index contributed by atoms with van der Waals surface area (Å²) >= 11 is 0. The van der Waals surface area contributed by atoms with Crippen LogP contribution in [0.4, 0.5) is 0 Å². The van der Waals surface area contributed by atoms with E-state index in [0.717, 1.165) is 32.6 Å². The van der Waals surface area contributed by atoms with Crippen molar-refractivity contribution >= 4 is 5.91 Å². The molecule has 2 aliphatic heterocycles. The minimum absolute atomic E-state index is 0.112. The number of nitrogens with zero attached hydrogens (tertiary/aromatic N) is 3. The number of hydrogen-bond donors (Lipinski definition) is 1. The molecule has 0 aromatic carbocycles. The van der Waals surface area contributed by atoms with Crippen LogP contribution in [0.2, 0.25) is 0 Å². The Labute approximate surface area is 107 Å². The maximum atomic E-state index is 12.1. The molecule has 0 aromatic rings. The van der Waals surface area contributed by atoms with E-state index < -0.39 is 6.10 Å². The smallest absolute Gasteiger partial charge is 0.236 e. The van der Waals surface area contributed by atoms with Crippen LogP contribution < -0.4 is 5.32 Å². The van der Waals surface area contributed by atoms with Gasteiger partial charge in [0.2, 0.25) is 5.91 Å². The summed E-state index contributed by atoms with van der Waals surface area (Å²) < 4.78 is 5.24. The number of ether oxygens (including phenoxy) is 1. The lowest BCUT2D eigenvalue weighted by Gasteiger charge is -2.31. The van der Waals surface area contributed by atoms with E-state index in [9.17, 15) is 4.79 Å². The molecule has 2 saturated heterocycles. The van der Waals surface area contributed by atoms with Crippen molar-refractivity contribution in [3.63, 3.8) is 0 Å². The van der Waals surface area contributed by atoms with Crippen LogP contribution in [0.1, 0.15) is 6.42 Å². The van der Waals surface area contributed by atoms with Crippen LogP contribution in [-0.4, -0.2) is 74.2 Å². The van der Waals surface area contributed by atoms with E-state index in [1.807, 2.05) is 0 Å². The minimum atomic E-state index is -0.464. The number of rotatable bonds is 2. The first-order chi connectivity index (χ1) is 8.79. The Morgan fingerprint density at radius 2 is 2.28 bits per heavy atom. The van der Waals surface area contributed by atoms with E-state index in [0.29, 0.717) is 26.2 Å². The Balaban J connectivity index is 1.81. The number of hydrogen-bond acceptors (Lipinski definition) is 5. The molecule has 2 fully saturated rings. The first kappa shape index (κ1) is 13.3. The lowest BCUT2D eigenvalue weighted by atomic mass is 10.3. The second-order valence-electron chi connectivity index (χ2n) is 4.71. The van der Waals surface area contributed by atoms with Crippen LogP contribution in [0, 0.1) is 11.3 Å². The van der Waals surface area contributed by atoms with Gasteiger partial charge in [-0.3, -0.25) is 9.69 Å². The maximum absolute atomic E-state index is 12.1. The summed E-state index contributed by atoms with van der Waals surface area (Å²) in [6, 6.07) is 2.06. The average Bonchev–Trinajstić information content (AvgIpc) is 2.67. The van der Waals surface area contributed by atoms with Gasteiger partial charge in [-0.1, -0.05) is 0 Å². The normalized spacial score (nSPS) is 26.4. The molecule has 1 N–H and O–H groups in total. The molecule has 18 heavy (non-hydrogen) atoms. The number of nitriles is 1. The highest BCUT2D eigenvalue weighted by molar-refractivity contribution is 5.78. The molecule has 0 aliphatic carbocycles. The third-order valence-electron chi connectivity index (χ3n) is 3.35. The van der Waals surface area contributed by atoms with Gasteiger partial charge in [-0.15, -0.1) is 0 Å². The highest BCUT2D eigenvalue weighted by atomic mass is 16.5. The lowest BCUT2D eigenvalue weighted by molar-refractivity contribution is -0.138. The summed E-state index contributed by atoms with van der Waals surface area (Å²) in [5, 5.41) is 12.1. The predicted molar refractivity (Wildman–Crippen MR) is 65.9 cm³/mol. The predicted octanol–water partition coefficient (Wildman–Crippen LogP) is -0.967. The topological polar surface area (TPSA) is 68.6 Å². The van der Waals surface area contributed by atoms with Gasteiger partial charge < -0.3 is 15.0 Å². The van der Waals surface area contributed by atoms with Crippen LogP contribution in [0.5, 0.6) is 0 Å². The van der Waals surface area contributed by atoms with E-state index >= 15 is 0 Å². The maximum Gasteiger partial charge on any atom is 0.236 e. The first-order valence-corrected chi connectivity index (χ1v) is 6.51. The van der Waals surface area contributed by atoms with E-state index in [1.165, 1.54) is 0 Å². The molecule has 0 aromatic heterocycles. The standard InChI is InChI=1S/C12H20N4O2/c13-8-11-9-16(6-7-18-11)12(17)10-15-4-1-2-14-3-5-15/h11,14H,1-7,9-10H2. The van der Waals surface area contributed by atoms with Crippen molar-refractivity contribution in [2.24, 2.45) is 0 Å². The van der Waals surface area contributed by atoms with Gasteiger partial charge in [0.15, 0.2) is 6.10 Å². The van der Waals surface area contributed by atoms with Gasteiger partial charge in [0, 0.05) is 19.6 Å². The lowest BCUT2D eigenvalue weighted by Crippen LogP contribution is -2.49. The fourth-order valence-corrected chi connectivity index (χ4v) is 2.30. The summed E-state index contributed by atoms with van der Waals surface area (Å²) in [5.74, 6) is 0.112. The first-order valence-electron chi connectivity index (χ1n) is 6.51. The van der Waals surface area contributed by atoms with Crippen molar-refractivity contribution in [3.8, 4) is 6.07 Å². The Hall–Kier alpha value is -1.16. The zero-order valence-electron chi connectivity index (χ0n) is 10.6. The van der Waals surface area contributed by atoms with Gasteiger partial charge >= 0.3 is 0 Å². The minimum Gasteiger partial charge on any atom is -0.360 e. The van der Waals surface area contributed by atoms with Gasteiger partial charge in [0.1, 0.15) is 0 Å². The third kappa shape index (κ3) is 3.67. The second kappa shape index (κ2) is 6.69. The van der Waals surface area contributed by atoms with Crippen molar-refractivity contribution in [1.82, 2.24) is 15.1 Å². The molecule has 6 heteroatoms. The van der Waals surface area contributed by atoms with Gasteiger partial charge in [0.25, 0.3) is 0 Å². The van der Waals surface area contributed by atoms with Crippen LogP contribution in [0.3, 0.4) is 0 Å². The summed E-state index contributed by atoms with van der Waals surface area (Å²) in [6.07, 6.45) is 0.616. The molecule has 0 radical (unpaired) electrons.